The Hall–Kier alpha value is -1.59. The topological polar surface area (TPSA) is 78.9 Å². The highest BCUT2D eigenvalue weighted by atomic mass is 16.6. The van der Waals surface area contributed by atoms with Gasteiger partial charge in [-0.05, 0) is 31.1 Å². The van der Waals surface area contributed by atoms with Crippen LogP contribution in [0.3, 0.4) is 0 Å². The summed E-state index contributed by atoms with van der Waals surface area (Å²) in [4.78, 5) is 37.8. The molecule has 1 atom stereocenters. The van der Waals surface area contributed by atoms with Crippen molar-refractivity contribution in [2.75, 3.05) is 13.2 Å². The van der Waals surface area contributed by atoms with E-state index < -0.39 is 6.10 Å². The van der Waals surface area contributed by atoms with Crippen molar-refractivity contribution >= 4 is 17.9 Å². The van der Waals surface area contributed by atoms with Gasteiger partial charge >= 0.3 is 17.9 Å². The molecule has 0 unspecified atom stereocenters. The summed E-state index contributed by atoms with van der Waals surface area (Å²) in [7, 11) is 0. The molecule has 0 aliphatic carbocycles. The molecule has 0 fully saturated rings. The van der Waals surface area contributed by atoms with Crippen molar-refractivity contribution in [2.24, 2.45) is 11.8 Å². The van der Waals surface area contributed by atoms with Crippen LogP contribution >= 0.6 is 0 Å². The van der Waals surface area contributed by atoms with Crippen molar-refractivity contribution in [2.45, 2.75) is 291 Å². The third-order valence-electron chi connectivity index (χ3n) is 11.7. The molecule has 0 heterocycles. The van der Waals surface area contributed by atoms with Gasteiger partial charge in [0, 0.05) is 19.3 Å². The Morgan fingerprint density at radius 1 is 0.328 bits per heavy atom. The van der Waals surface area contributed by atoms with Crippen LogP contribution in [0.25, 0.3) is 0 Å². The van der Waals surface area contributed by atoms with E-state index in [0.29, 0.717) is 19.3 Å². The molecule has 0 amide bonds. The first kappa shape index (κ1) is 56.4. The zero-order valence-electron chi connectivity index (χ0n) is 39.7. The molecule has 0 aliphatic rings. The Bertz CT molecular complexity index is 885. The van der Waals surface area contributed by atoms with Crippen molar-refractivity contribution in [3.63, 3.8) is 0 Å². The normalized spacial score (nSPS) is 12.1. The smallest absolute Gasteiger partial charge is 0.306 e. The Labute approximate surface area is 361 Å². The minimum absolute atomic E-state index is 0.0641. The van der Waals surface area contributed by atoms with Crippen LogP contribution in [0.2, 0.25) is 0 Å². The van der Waals surface area contributed by atoms with Crippen LogP contribution in [-0.2, 0) is 28.6 Å². The average Bonchev–Trinajstić information content (AvgIpc) is 3.19. The number of carbonyl (C=O) groups excluding carboxylic acids is 3. The van der Waals surface area contributed by atoms with Gasteiger partial charge in [0.15, 0.2) is 6.10 Å². The maximum absolute atomic E-state index is 12.7. The lowest BCUT2D eigenvalue weighted by molar-refractivity contribution is -0.167. The molecule has 0 aliphatic heterocycles. The van der Waals surface area contributed by atoms with E-state index >= 15 is 0 Å². The van der Waals surface area contributed by atoms with Crippen LogP contribution in [0.5, 0.6) is 0 Å². The first-order chi connectivity index (χ1) is 28.2. The molecule has 0 saturated carbocycles. The van der Waals surface area contributed by atoms with E-state index in [-0.39, 0.29) is 31.1 Å². The van der Waals surface area contributed by atoms with Gasteiger partial charge in [-0.3, -0.25) is 14.4 Å². The third kappa shape index (κ3) is 45.5. The van der Waals surface area contributed by atoms with E-state index in [9.17, 15) is 14.4 Å². The molecular weight excluding hydrogens is 721 g/mol. The number of ether oxygens (including phenoxy) is 3. The summed E-state index contributed by atoms with van der Waals surface area (Å²) < 4.78 is 16.8. The molecule has 344 valence electrons. The lowest BCUT2D eigenvalue weighted by Gasteiger charge is -2.18. The molecule has 0 aromatic carbocycles. The van der Waals surface area contributed by atoms with E-state index in [4.69, 9.17) is 14.2 Å². The number of carbonyl (C=O) groups is 3. The van der Waals surface area contributed by atoms with Crippen molar-refractivity contribution in [3.05, 3.63) is 0 Å². The van der Waals surface area contributed by atoms with Crippen LogP contribution in [0.4, 0.5) is 0 Å². The summed E-state index contributed by atoms with van der Waals surface area (Å²) >= 11 is 0. The van der Waals surface area contributed by atoms with Gasteiger partial charge in [0.2, 0.25) is 0 Å². The average molecular weight is 821 g/mol. The fourth-order valence-electron chi connectivity index (χ4n) is 7.81. The Balaban J connectivity index is 4.22. The molecule has 58 heavy (non-hydrogen) atoms. The summed E-state index contributed by atoms with van der Waals surface area (Å²) in [6.07, 6.45) is 45.3. The maximum atomic E-state index is 12.7. The third-order valence-corrected chi connectivity index (χ3v) is 11.7. The highest BCUT2D eigenvalue weighted by molar-refractivity contribution is 5.71. The minimum Gasteiger partial charge on any atom is -0.462 e. The Morgan fingerprint density at radius 3 is 0.845 bits per heavy atom. The number of unbranched alkanes of at least 4 members (excludes halogenated alkanes) is 31. The van der Waals surface area contributed by atoms with Gasteiger partial charge in [0.25, 0.3) is 0 Å². The fraction of sp³-hybridized carbons (Fsp3) is 0.942. The van der Waals surface area contributed by atoms with Gasteiger partial charge in [-0.2, -0.15) is 0 Å². The lowest BCUT2D eigenvalue weighted by Crippen LogP contribution is -2.30. The van der Waals surface area contributed by atoms with E-state index in [0.717, 1.165) is 69.6 Å². The fourth-order valence-corrected chi connectivity index (χ4v) is 7.81. The Morgan fingerprint density at radius 2 is 0.569 bits per heavy atom. The summed E-state index contributed by atoms with van der Waals surface area (Å²) in [6, 6.07) is 0. The number of hydrogen-bond acceptors (Lipinski definition) is 6. The first-order valence-electron chi connectivity index (χ1n) is 25.7. The van der Waals surface area contributed by atoms with Gasteiger partial charge in [-0.15, -0.1) is 0 Å². The zero-order valence-corrected chi connectivity index (χ0v) is 39.7. The maximum Gasteiger partial charge on any atom is 0.306 e. The zero-order chi connectivity index (χ0) is 42.6. The largest absolute Gasteiger partial charge is 0.462 e. The highest BCUT2D eigenvalue weighted by Crippen LogP contribution is 2.17. The molecule has 0 saturated heterocycles. The van der Waals surface area contributed by atoms with Gasteiger partial charge < -0.3 is 14.2 Å². The SMILES string of the molecule is CCCCCCCCCCCCC(=O)OC[C@@H](COC(=O)CCCCCCCCCCCCCCCCCCC(C)C)OC(=O)CCCCCCCCCCC(C)C. The molecule has 0 N–H and O–H groups in total. The number of hydrogen-bond donors (Lipinski definition) is 0. The second-order valence-corrected chi connectivity index (χ2v) is 18.8. The standard InChI is InChI=1S/C52H100O6/c1-6-7-8-9-10-11-21-27-32-37-42-50(53)56-45-49(58-52(55)44-39-34-29-24-23-26-31-36-41-48(4)5)46-57-51(54)43-38-33-28-22-19-17-15-13-12-14-16-18-20-25-30-35-40-47(2)3/h47-49H,6-46H2,1-5H3/t49-/m0/s1. The van der Waals surface area contributed by atoms with Crippen LogP contribution in [-0.4, -0.2) is 37.2 Å². The van der Waals surface area contributed by atoms with Crippen LogP contribution < -0.4 is 0 Å². The van der Waals surface area contributed by atoms with Crippen LogP contribution in [0.1, 0.15) is 285 Å². The molecule has 0 radical (unpaired) electrons. The van der Waals surface area contributed by atoms with Gasteiger partial charge in [0.05, 0.1) is 0 Å². The molecule has 0 rings (SSSR count). The summed E-state index contributed by atoms with van der Waals surface area (Å²) in [6.45, 7) is 11.3. The Kier molecular flexibility index (Phi) is 43.7. The predicted octanol–water partition coefficient (Wildman–Crippen LogP) is 16.5. The monoisotopic (exact) mass is 821 g/mol. The summed E-state index contributed by atoms with van der Waals surface area (Å²) in [5.74, 6) is 0.794. The van der Waals surface area contributed by atoms with E-state index in [1.54, 1.807) is 0 Å². The summed E-state index contributed by atoms with van der Waals surface area (Å²) in [5.41, 5.74) is 0. The second kappa shape index (κ2) is 44.9. The molecule has 6 heteroatoms. The predicted molar refractivity (Wildman–Crippen MR) is 247 cm³/mol. The number of esters is 3. The molecule has 0 spiro atoms. The molecule has 0 bridgehead atoms. The highest BCUT2D eigenvalue weighted by Gasteiger charge is 2.19. The van der Waals surface area contributed by atoms with Crippen molar-refractivity contribution in [1.29, 1.82) is 0 Å². The molecule has 0 aromatic heterocycles. The van der Waals surface area contributed by atoms with Crippen molar-refractivity contribution in [3.8, 4) is 0 Å². The van der Waals surface area contributed by atoms with Crippen molar-refractivity contribution in [1.82, 2.24) is 0 Å². The minimum atomic E-state index is -0.761. The van der Waals surface area contributed by atoms with E-state index in [1.807, 2.05) is 0 Å². The van der Waals surface area contributed by atoms with E-state index in [2.05, 4.69) is 34.6 Å². The van der Waals surface area contributed by atoms with Crippen LogP contribution in [0, 0.1) is 11.8 Å². The second-order valence-electron chi connectivity index (χ2n) is 18.8. The molecule has 0 aromatic rings. The van der Waals surface area contributed by atoms with E-state index in [1.165, 1.54) is 173 Å². The quantitative estimate of drug-likeness (QED) is 0.0346. The van der Waals surface area contributed by atoms with Gasteiger partial charge in [-0.1, -0.05) is 247 Å². The van der Waals surface area contributed by atoms with Gasteiger partial charge in [-0.25, -0.2) is 0 Å². The molecular formula is C52H100O6. The van der Waals surface area contributed by atoms with Gasteiger partial charge in [0.1, 0.15) is 13.2 Å². The van der Waals surface area contributed by atoms with Crippen molar-refractivity contribution < 1.29 is 28.6 Å². The first-order valence-corrected chi connectivity index (χ1v) is 25.7. The lowest BCUT2D eigenvalue weighted by atomic mass is 10.0. The molecule has 6 nitrogen and oxygen atoms in total. The number of rotatable bonds is 46. The summed E-state index contributed by atoms with van der Waals surface area (Å²) in [5, 5.41) is 0. The van der Waals surface area contributed by atoms with Crippen LogP contribution in [0.15, 0.2) is 0 Å².